The summed E-state index contributed by atoms with van der Waals surface area (Å²) < 4.78 is 0. The lowest BCUT2D eigenvalue weighted by atomic mass is 10.0. The van der Waals surface area contributed by atoms with Crippen molar-refractivity contribution in [1.29, 1.82) is 0 Å². The zero-order valence-electron chi connectivity index (χ0n) is 37.2. The largest absolute Gasteiger partial charge is 0.394 e. The molecule has 0 aliphatic heterocycles. The summed E-state index contributed by atoms with van der Waals surface area (Å²) in [6.45, 7) is 4.30. The fourth-order valence-electron chi connectivity index (χ4n) is 7.56. The van der Waals surface area contributed by atoms with Crippen LogP contribution in [0.15, 0.2) is 36.5 Å². The Kier molecular flexibility index (Phi) is 45.8. The minimum absolute atomic E-state index is 0.0783. The zero-order valence-corrected chi connectivity index (χ0v) is 37.2. The lowest BCUT2D eigenvalue weighted by Gasteiger charge is -2.19. The second kappa shape index (κ2) is 47.0. The maximum absolute atomic E-state index is 12.3. The van der Waals surface area contributed by atoms with E-state index in [-0.39, 0.29) is 12.5 Å². The van der Waals surface area contributed by atoms with E-state index in [1.165, 1.54) is 205 Å². The van der Waals surface area contributed by atoms with E-state index in [2.05, 4.69) is 43.5 Å². The van der Waals surface area contributed by atoms with Crippen LogP contribution in [0.4, 0.5) is 0 Å². The van der Waals surface area contributed by atoms with Gasteiger partial charge in [-0.05, 0) is 44.9 Å². The molecule has 0 aliphatic carbocycles. The van der Waals surface area contributed by atoms with Crippen molar-refractivity contribution in [1.82, 2.24) is 5.32 Å². The van der Waals surface area contributed by atoms with Gasteiger partial charge in [-0.15, -0.1) is 0 Å². The molecule has 0 aliphatic rings. The smallest absolute Gasteiger partial charge is 0.220 e. The lowest BCUT2D eigenvalue weighted by Crippen LogP contribution is -2.45. The summed E-state index contributed by atoms with van der Waals surface area (Å²) in [5.74, 6) is -0.0783. The number of unbranched alkanes of at least 4 members (excludes halogenated alkanes) is 34. The Balaban J connectivity index is 3.51. The summed E-state index contributed by atoms with van der Waals surface area (Å²) in [4.78, 5) is 12.3. The third-order valence-electron chi connectivity index (χ3n) is 11.4. The minimum atomic E-state index is -0.867. The maximum atomic E-state index is 12.3. The van der Waals surface area contributed by atoms with Crippen molar-refractivity contribution >= 4 is 5.91 Å². The number of allylic oxidation sites excluding steroid dienone is 5. The van der Waals surface area contributed by atoms with Crippen LogP contribution in [-0.2, 0) is 4.79 Å². The molecular formula is C51H97NO3. The molecule has 2 unspecified atom stereocenters. The van der Waals surface area contributed by atoms with Crippen LogP contribution in [0.5, 0.6) is 0 Å². The maximum Gasteiger partial charge on any atom is 0.220 e. The Morgan fingerprint density at radius 1 is 0.418 bits per heavy atom. The van der Waals surface area contributed by atoms with Crippen molar-refractivity contribution in [3.63, 3.8) is 0 Å². The molecule has 0 saturated heterocycles. The van der Waals surface area contributed by atoms with E-state index in [9.17, 15) is 15.0 Å². The van der Waals surface area contributed by atoms with Gasteiger partial charge in [-0.2, -0.15) is 0 Å². The topological polar surface area (TPSA) is 69.6 Å². The lowest BCUT2D eigenvalue weighted by molar-refractivity contribution is -0.123. The average Bonchev–Trinajstić information content (AvgIpc) is 3.19. The number of hydrogen-bond donors (Lipinski definition) is 3. The van der Waals surface area contributed by atoms with Crippen molar-refractivity contribution in [3.05, 3.63) is 36.5 Å². The van der Waals surface area contributed by atoms with Gasteiger partial charge in [-0.3, -0.25) is 4.79 Å². The van der Waals surface area contributed by atoms with Crippen LogP contribution in [0.2, 0.25) is 0 Å². The van der Waals surface area contributed by atoms with Gasteiger partial charge in [0, 0.05) is 6.42 Å². The minimum Gasteiger partial charge on any atom is -0.394 e. The van der Waals surface area contributed by atoms with Crippen molar-refractivity contribution in [2.45, 2.75) is 276 Å². The molecule has 0 spiro atoms. The van der Waals surface area contributed by atoms with Crippen LogP contribution in [-0.4, -0.2) is 34.9 Å². The molecule has 4 nitrogen and oxygen atoms in total. The van der Waals surface area contributed by atoms with Crippen LogP contribution in [0.3, 0.4) is 0 Å². The van der Waals surface area contributed by atoms with Crippen LogP contribution in [0.1, 0.15) is 264 Å². The molecule has 0 rings (SSSR count). The molecule has 0 aromatic carbocycles. The average molecular weight is 772 g/mol. The number of carbonyl (C=O) groups is 1. The SMILES string of the molecule is CCCCCCCCCCCCCCCCCCCCCCCC/C=C/CC/C=C/CC/C=C/C(O)C(CO)NC(=O)CCCCCCCCCCCCC. The highest BCUT2D eigenvalue weighted by Gasteiger charge is 2.17. The number of aliphatic hydroxyl groups is 2. The third-order valence-corrected chi connectivity index (χ3v) is 11.4. The predicted molar refractivity (Wildman–Crippen MR) is 244 cm³/mol. The summed E-state index contributed by atoms with van der Waals surface area (Å²) in [6.07, 6.45) is 63.0. The van der Waals surface area contributed by atoms with Crippen molar-refractivity contribution in [2.24, 2.45) is 0 Å². The first kappa shape index (κ1) is 53.6. The quantitative estimate of drug-likeness (QED) is 0.0426. The van der Waals surface area contributed by atoms with Gasteiger partial charge in [0.1, 0.15) is 0 Å². The van der Waals surface area contributed by atoms with E-state index in [4.69, 9.17) is 0 Å². The fraction of sp³-hybridized carbons (Fsp3) is 0.863. The molecule has 0 aromatic heterocycles. The molecule has 0 radical (unpaired) electrons. The molecule has 4 heteroatoms. The van der Waals surface area contributed by atoms with Crippen LogP contribution in [0, 0.1) is 0 Å². The monoisotopic (exact) mass is 772 g/mol. The Morgan fingerprint density at radius 3 is 1.05 bits per heavy atom. The highest BCUT2D eigenvalue weighted by atomic mass is 16.3. The first-order chi connectivity index (χ1) is 27.2. The molecule has 0 bridgehead atoms. The van der Waals surface area contributed by atoms with Crippen molar-refractivity contribution < 1.29 is 15.0 Å². The summed E-state index contributed by atoms with van der Waals surface area (Å²) in [5, 5.41) is 23.0. The number of aliphatic hydroxyl groups excluding tert-OH is 2. The molecule has 3 N–H and O–H groups in total. The van der Waals surface area contributed by atoms with Crippen molar-refractivity contribution in [2.75, 3.05) is 6.61 Å². The Hall–Kier alpha value is -1.39. The van der Waals surface area contributed by atoms with Gasteiger partial charge in [0.15, 0.2) is 0 Å². The molecule has 0 saturated carbocycles. The fourth-order valence-corrected chi connectivity index (χ4v) is 7.56. The second-order valence-electron chi connectivity index (χ2n) is 16.9. The highest BCUT2D eigenvalue weighted by molar-refractivity contribution is 5.76. The standard InChI is InChI=1S/C51H97NO3/c1-3-5-7-9-11-13-15-16-17-18-19-20-21-22-23-24-25-26-27-28-29-30-31-32-33-34-35-37-38-40-42-44-46-50(54)49(48-53)52-51(55)47-45-43-41-39-36-14-12-10-8-6-4-2/h32-33,37-38,44,46,49-50,53-54H,3-31,34-36,39-43,45,47-48H2,1-2H3,(H,52,55)/b33-32+,38-37+,46-44+. The predicted octanol–water partition coefficient (Wildman–Crippen LogP) is 15.7. The van der Waals surface area contributed by atoms with E-state index >= 15 is 0 Å². The zero-order chi connectivity index (χ0) is 40.0. The molecule has 324 valence electrons. The molecular weight excluding hydrogens is 675 g/mol. The van der Waals surface area contributed by atoms with E-state index in [0.717, 1.165) is 38.5 Å². The first-order valence-corrected chi connectivity index (χ1v) is 24.7. The Morgan fingerprint density at radius 2 is 0.709 bits per heavy atom. The number of nitrogens with one attached hydrogen (secondary N) is 1. The molecule has 2 atom stereocenters. The number of amides is 1. The van der Waals surface area contributed by atoms with E-state index in [1.807, 2.05) is 6.08 Å². The highest BCUT2D eigenvalue weighted by Crippen LogP contribution is 2.16. The summed E-state index contributed by atoms with van der Waals surface area (Å²) in [7, 11) is 0. The van der Waals surface area contributed by atoms with E-state index < -0.39 is 12.1 Å². The third kappa shape index (κ3) is 43.6. The van der Waals surface area contributed by atoms with Gasteiger partial charge in [-0.25, -0.2) is 0 Å². The van der Waals surface area contributed by atoms with Gasteiger partial charge in [0.2, 0.25) is 5.91 Å². The molecule has 1 amide bonds. The first-order valence-electron chi connectivity index (χ1n) is 24.7. The van der Waals surface area contributed by atoms with Gasteiger partial charge in [0.05, 0.1) is 18.8 Å². The van der Waals surface area contributed by atoms with Crippen molar-refractivity contribution in [3.8, 4) is 0 Å². The van der Waals surface area contributed by atoms with Gasteiger partial charge >= 0.3 is 0 Å². The van der Waals surface area contributed by atoms with E-state index in [0.29, 0.717) is 6.42 Å². The Bertz CT molecular complexity index is 836. The molecule has 55 heavy (non-hydrogen) atoms. The summed E-state index contributed by atoms with van der Waals surface area (Å²) >= 11 is 0. The van der Waals surface area contributed by atoms with E-state index in [1.54, 1.807) is 6.08 Å². The second-order valence-corrected chi connectivity index (χ2v) is 16.9. The van der Waals surface area contributed by atoms with Crippen LogP contribution < -0.4 is 5.32 Å². The van der Waals surface area contributed by atoms with Crippen LogP contribution in [0.25, 0.3) is 0 Å². The van der Waals surface area contributed by atoms with Gasteiger partial charge in [-0.1, -0.05) is 249 Å². The normalized spacial score (nSPS) is 13.2. The summed E-state index contributed by atoms with van der Waals surface area (Å²) in [5.41, 5.74) is 0. The number of rotatable bonds is 45. The number of carbonyl (C=O) groups excluding carboxylic acids is 1. The van der Waals surface area contributed by atoms with Crippen LogP contribution >= 0.6 is 0 Å². The number of hydrogen-bond acceptors (Lipinski definition) is 3. The van der Waals surface area contributed by atoms with Gasteiger partial charge < -0.3 is 15.5 Å². The molecule has 0 aromatic rings. The Labute approximate surface area is 344 Å². The molecule has 0 fully saturated rings. The molecule has 0 heterocycles. The summed E-state index contributed by atoms with van der Waals surface area (Å²) in [6, 6.07) is -0.641. The van der Waals surface area contributed by atoms with Gasteiger partial charge in [0.25, 0.3) is 0 Å².